The number of piperidine rings is 1. The molecule has 3 N–H and O–H groups in total. The Morgan fingerprint density at radius 2 is 2.05 bits per heavy atom. The lowest BCUT2D eigenvalue weighted by molar-refractivity contribution is -0.149. The van der Waals surface area contributed by atoms with E-state index in [2.05, 4.69) is 4.98 Å². The van der Waals surface area contributed by atoms with Crippen LogP contribution in [0.4, 0.5) is 0 Å². The molecule has 0 saturated carbocycles. The van der Waals surface area contributed by atoms with Gasteiger partial charge in [-0.05, 0) is 25.5 Å². The number of aromatic amines is 1. The molecule has 1 aliphatic rings. The maximum atomic E-state index is 11.8. The first-order valence-electron chi connectivity index (χ1n) is 7.33. The van der Waals surface area contributed by atoms with E-state index in [1.165, 1.54) is 0 Å². The maximum absolute atomic E-state index is 11.8. The number of nitrogens with zero attached hydrogens (tertiary/aromatic N) is 1. The highest BCUT2D eigenvalue weighted by atomic mass is 16.4. The molecule has 0 radical (unpaired) electrons. The van der Waals surface area contributed by atoms with Gasteiger partial charge in [0.2, 0.25) is 0 Å². The Labute approximate surface area is 127 Å². The summed E-state index contributed by atoms with van der Waals surface area (Å²) in [5.41, 5.74) is 1.57. The van der Waals surface area contributed by atoms with Crippen molar-refractivity contribution in [2.24, 2.45) is 5.92 Å². The van der Waals surface area contributed by atoms with Crippen LogP contribution in [0.15, 0.2) is 30.5 Å². The quantitative estimate of drug-likeness (QED) is 0.804. The van der Waals surface area contributed by atoms with Gasteiger partial charge in [-0.25, -0.2) is 0 Å². The minimum Gasteiger partial charge on any atom is -0.481 e. The molecule has 1 fully saturated rings. The number of nitrogens with one attached hydrogen (secondary N) is 1. The first kappa shape index (κ1) is 14.6. The van der Waals surface area contributed by atoms with Crippen LogP contribution in [-0.4, -0.2) is 45.1 Å². The topological polar surface area (TPSA) is 93.6 Å². The van der Waals surface area contributed by atoms with E-state index in [9.17, 15) is 19.8 Å². The van der Waals surface area contributed by atoms with Crippen molar-refractivity contribution in [2.75, 3.05) is 13.1 Å². The van der Waals surface area contributed by atoms with Crippen molar-refractivity contribution in [1.29, 1.82) is 0 Å². The van der Waals surface area contributed by atoms with Gasteiger partial charge in [0.25, 0.3) is 0 Å². The Morgan fingerprint density at radius 3 is 2.77 bits per heavy atom. The summed E-state index contributed by atoms with van der Waals surface area (Å²) in [6.07, 6.45) is 3.02. The lowest BCUT2D eigenvalue weighted by atomic mass is 9.94. The van der Waals surface area contributed by atoms with Gasteiger partial charge in [0.15, 0.2) is 0 Å². The van der Waals surface area contributed by atoms with Crippen molar-refractivity contribution in [1.82, 2.24) is 9.88 Å². The largest absolute Gasteiger partial charge is 0.481 e. The molecule has 0 amide bonds. The molecule has 0 aliphatic carbocycles. The van der Waals surface area contributed by atoms with Crippen LogP contribution in [-0.2, 0) is 9.59 Å². The van der Waals surface area contributed by atoms with E-state index >= 15 is 0 Å². The molecule has 0 bridgehead atoms. The lowest BCUT2D eigenvalue weighted by Gasteiger charge is -2.34. The molecule has 0 unspecified atom stereocenters. The molecule has 0 spiro atoms. The van der Waals surface area contributed by atoms with Crippen LogP contribution >= 0.6 is 0 Å². The molecule has 2 heterocycles. The van der Waals surface area contributed by atoms with Crippen LogP contribution < -0.4 is 0 Å². The summed E-state index contributed by atoms with van der Waals surface area (Å²) in [6, 6.07) is 6.72. The zero-order chi connectivity index (χ0) is 15.7. The second kappa shape index (κ2) is 5.81. The summed E-state index contributed by atoms with van der Waals surface area (Å²) in [6.45, 7) is 0.867. The molecule has 116 valence electrons. The van der Waals surface area contributed by atoms with Crippen LogP contribution in [0.5, 0.6) is 0 Å². The van der Waals surface area contributed by atoms with E-state index in [0.29, 0.717) is 24.9 Å². The number of hydrogen-bond donors (Lipinski definition) is 3. The lowest BCUT2D eigenvalue weighted by Crippen LogP contribution is -2.43. The van der Waals surface area contributed by atoms with E-state index in [0.717, 1.165) is 10.9 Å². The van der Waals surface area contributed by atoms with Crippen molar-refractivity contribution < 1.29 is 19.8 Å². The normalized spacial score (nSPS) is 20.8. The molecule has 6 nitrogen and oxygen atoms in total. The second-order valence-electron chi connectivity index (χ2n) is 5.70. The van der Waals surface area contributed by atoms with Crippen molar-refractivity contribution in [3.05, 3.63) is 36.0 Å². The molecule has 3 rings (SSSR count). The smallest absolute Gasteiger partial charge is 0.325 e. The number of carboxylic acids is 2. The fourth-order valence-electron chi connectivity index (χ4n) is 3.25. The van der Waals surface area contributed by atoms with Crippen LogP contribution in [0, 0.1) is 5.92 Å². The fraction of sp³-hybridized carbons (Fsp3) is 0.375. The highest BCUT2D eigenvalue weighted by Gasteiger charge is 2.35. The number of aromatic nitrogens is 1. The van der Waals surface area contributed by atoms with Gasteiger partial charge in [-0.2, -0.15) is 0 Å². The van der Waals surface area contributed by atoms with E-state index in [-0.39, 0.29) is 6.54 Å². The number of carboxylic acid groups (broad SMARTS) is 2. The average Bonchev–Trinajstić information content (AvgIpc) is 2.91. The van der Waals surface area contributed by atoms with Crippen LogP contribution in [0.2, 0.25) is 0 Å². The van der Waals surface area contributed by atoms with Gasteiger partial charge in [-0.15, -0.1) is 0 Å². The summed E-state index contributed by atoms with van der Waals surface area (Å²) in [5, 5.41) is 19.7. The van der Waals surface area contributed by atoms with E-state index in [1.54, 1.807) is 11.1 Å². The zero-order valence-corrected chi connectivity index (χ0v) is 12.0. The van der Waals surface area contributed by atoms with Crippen LogP contribution in [0.1, 0.15) is 24.4 Å². The molecule has 1 aliphatic heterocycles. The van der Waals surface area contributed by atoms with Crippen molar-refractivity contribution >= 4 is 22.8 Å². The molecule has 2 atom stereocenters. The van der Waals surface area contributed by atoms with Crippen molar-refractivity contribution in [3.8, 4) is 0 Å². The average molecular weight is 302 g/mol. The SMILES string of the molecule is O=C(O)[C@H]1CCCN([C@H](C(=O)O)c2c[nH]c3ccccc23)C1. The number of carbonyl (C=O) groups is 2. The number of para-hydroxylation sites is 1. The Balaban J connectivity index is 1.96. The maximum Gasteiger partial charge on any atom is 0.325 e. The van der Waals surface area contributed by atoms with Gasteiger partial charge in [0.05, 0.1) is 5.92 Å². The Kier molecular flexibility index (Phi) is 3.85. The van der Waals surface area contributed by atoms with Crippen LogP contribution in [0.25, 0.3) is 10.9 Å². The van der Waals surface area contributed by atoms with Gasteiger partial charge in [-0.3, -0.25) is 14.5 Å². The van der Waals surface area contributed by atoms with Gasteiger partial charge < -0.3 is 15.2 Å². The van der Waals surface area contributed by atoms with Gasteiger partial charge >= 0.3 is 11.9 Å². The summed E-state index contributed by atoms with van der Waals surface area (Å²) >= 11 is 0. The minimum atomic E-state index is -0.948. The van der Waals surface area contributed by atoms with Crippen molar-refractivity contribution in [3.63, 3.8) is 0 Å². The molecule has 1 aromatic heterocycles. The molecular weight excluding hydrogens is 284 g/mol. The van der Waals surface area contributed by atoms with E-state index in [4.69, 9.17) is 0 Å². The monoisotopic (exact) mass is 302 g/mol. The molecule has 2 aromatic rings. The molecule has 1 aromatic carbocycles. The third-order valence-electron chi connectivity index (χ3n) is 4.32. The number of H-pyrrole nitrogens is 1. The standard InChI is InChI=1S/C16H18N2O4/c19-15(20)10-4-3-7-18(9-10)14(16(21)22)12-8-17-13-6-2-1-5-11(12)13/h1-2,5-6,8,10,14,17H,3-4,7,9H2,(H,19,20)(H,21,22)/t10-,14-/m0/s1. The summed E-state index contributed by atoms with van der Waals surface area (Å²) in [5.74, 6) is -2.30. The Morgan fingerprint density at radius 1 is 1.27 bits per heavy atom. The number of fused-ring (bicyclic) bond motifs is 1. The number of aliphatic carboxylic acids is 2. The third kappa shape index (κ3) is 2.57. The van der Waals surface area contributed by atoms with Crippen LogP contribution in [0.3, 0.4) is 0 Å². The highest BCUT2D eigenvalue weighted by Crippen LogP contribution is 2.31. The second-order valence-corrected chi connectivity index (χ2v) is 5.70. The van der Waals surface area contributed by atoms with E-state index < -0.39 is 23.9 Å². The third-order valence-corrected chi connectivity index (χ3v) is 4.32. The van der Waals surface area contributed by atoms with Gasteiger partial charge in [-0.1, -0.05) is 18.2 Å². The number of likely N-dealkylation sites (tertiary alicyclic amines) is 1. The minimum absolute atomic E-state index is 0.270. The number of benzene rings is 1. The van der Waals surface area contributed by atoms with Crippen molar-refractivity contribution in [2.45, 2.75) is 18.9 Å². The Bertz CT molecular complexity index is 709. The molecular formula is C16H18N2O4. The molecule has 1 saturated heterocycles. The molecule has 22 heavy (non-hydrogen) atoms. The number of rotatable bonds is 4. The highest BCUT2D eigenvalue weighted by molar-refractivity contribution is 5.89. The summed E-state index contributed by atoms with van der Waals surface area (Å²) < 4.78 is 0. The summed E-state index contributed by atoms with van der Waals surface area (Å²) in [4.78, 5) is 27.9. The van der Waals surface area contributed by atoms with E-state index in [1.807, 2.05) is 24.3 Å². The number of hydrogen-bond acceptors (Lipinski definition) is 3. The summed E-state index contributed by atoms with van der Waals surface area (Å²) in [7, 11) is 0. The fourth-order valence-corrected chi connectivity index (χ4v) is 3.25. The Hall–Kier alpha value is -2.34. The first-order chi connectivity index (χ1) is 10.6. The van der Waals surface area contributed by atoms with Gasteiger partial charge in [0.1, 0.15) is 6.04 Å². The zero-order valence-electron chi connectivity index (χ0n) is 12.0. The predicted molar refractivity (Wildman–Crippen MR) is 80.6 cm³/mol. The molecule has 6 heteroatoms. The van der Waals surface area contributed by atoms with Gasteiger partial charge in [0, 0.05) is 29.2 Å². The first-order valence-corrected chi connectivity index (χ1v) is 7.33. The predicted octanol–water partition coefficient (Wildman–Crippen LogP) is 2.09.